The second kappa shape index (κ2) is 6.08. The third-order valence-corrected chi connectivity index (χ3v) is 3.07. The number of alkyl halides is 3. The van der Waals surface area contributed by atoms with Gasteiger partial charge in [-0.1, -0.05) is 18.2 Å². The number of aliphatic carboxylic acids is 1. The van der Waals surface area contributed by atoms with E-state index in [-0.39, 0.29) is 11.1 Å². The van der Waals surface area contributed by atoms with Gasteiger partial charge in [-0.05, 0) is 18.1 Å². The van der Waals surface area contributed by atoms with Crippen LogP contribution in [0.3, 0.4) is 0 Å². The van der Waals surface area contributed by atoms with Gasteiger partial charge in [-0.15, -0.1) is 11.6 Å². The van der Waals surface area contributed by atoms with Gasteiger partial charge in [-0.3, -0.25) is 4.79 Å². The van der Waals surface area contributed by atoms with Crippen molar-refractivity contribution in [2.24, 2.45) is 0 Å². The van der Waals surface area contributed by atoms with Gasteiger partial charge in [0.05, 0.1) is 0 Å². The summed E-state index contributed by atoms with van der Waals surface area (Å²) in [6.45, 7) is 1.09. The Morgan fingerprint density at radius 3 is 2.21 bits per heavy atom. The smallest absolute Gasteiger partial charge is 0.337 e. The molecular formula is C12H11ClF2O4. The van der Waals surface area contributed by atoms with E-state index in [0.29, 0.717) is 0 Å². The molecule has 0 aliphatic rings. The molecule has 19 heavy (non-hydrogen) atoms. The molecule has 0 saturated heterocycles. The van der Waals surface area contributed by atoms with E-state index >= 15 is 0 Å². The first-order valence-electron chi connectivity index (χ1n) is 5.23. The molecular weight excluding hydrogens is 282 g/mol. The number of carboxylic acid groups (broad SMARTS) is 1. The first-order chi connectivity index (χ1) is 8.77. The van der Waals surface area contributed by atoms with Crippen molar-refractivity contribution in [3.05, 3.63) is 34.9 Å². The molecule has 1 aromatic carbocycles. The number of Topliss-reactive ketones (excluding diaryl/α,β-unsaturated/α-hetero) is 1. The summed E-state index contributed by atoms with van der Waals surface area (Å²) >= 11 is 5.76. The summed E-state index contributed by atoms with van der Waals surface area (Å²) in [6, 6.07) is 3.37. The number of hydrogen-bond acceptors (Lipinski definition) is 3. The number of rotatable bonds is 5. The normalized spacial score (nSPS) is 14.2. The van der Waals surface area contributed by atoms with E-state index in [0.717, 1.165) is 19.1 Å². The first kappa shape index (κ1) is 15.5. The van der Waals surface area contributed by atoms with E-state index in [1.807, 2.05) is 0 Å². The minimum Gasteiger partial charge on any atom is -0.479 e. The molecule has 4 nitrogen and oxygen atoms in total. The van der Waals surface area contributed by atoms with Crippen LogP contribution in [-0.4, -0.2) is 22.0 Å². The Labute approximate surface area is 112 Å². The third kappa shape index (κ3) is 3.27. The average molecular weight is 293 g/mol. The van der Waals surface area contributed by atoms with Gasteiger partial charge in [0.25, 0.3) is 6.43 Å². The number of ketones is 1. The number of aliphatic hydroxyl groups is 1. The van der Waals surface area contributed by atoms with Crippen LogP contribution in [0.25, 0.3) is 0 Å². The van der Waals surface area contributed by atoms with Gasteiger partial charge >= 0.3 is 5.97 Å². The van der Waals surface area contributed by atoms with Gasteiger partial charge in [0, 0.05) is 5.56 Å². The number of carbonyl (C=O) groups excluding carboxylic acids is 1. The Morgan fingerprint density at radius 2 is 1.79 bits per heavy atom. The summed E-state index contributed by atoms with van der Waals surface area (Å²) < 4.78 is 25.8. The average Bonchev–Trinajstić information content (AvgIpc) is 2.35. The lowest BCUT2D eigenvalue weighted by Gasteiger charge is -2.18. The van der Waals surface area contributed by atoms with Crippen molar-refractivity contribution >= 4 is 23.4 Å². The standard InChI is InChI=1S/C12H11ClF2O4/c1-5(16)9(13)8-6(10(17)12(18)19)3-2-4-7(8)11(14)15/h2-4,9-11,17H,1H3,(H,18,19). The fraction of sp³-hybridized carbons (Fsp3) is 0.333. The van der Waals surface area contributed by atoms with Crippen LogP contribution in [-0.2, 0) is 9.59 Å². The lowest BCUT2D eigenvalue weighted by Crippen LogP contribution is -2.17. The lowest BCUT2D eigenvalue weighted by atomic mass is 9.93. The predicted molar refractivity (Wildman–Crippen MR) is 63.3 cm³/mol. The molecule has 0 spiro atoms. The third-order valence-electron chi connectivity index (χ3n) is 2.55. The Morgan fingerprint density at radius 1 is 1.26 bits per heavy atom. The molecule has 0 aliphatic heterocycles. The second-order valence-corrected chi connectivity index (χ2v) is 4.30. The molecule has 0 amide bonds. The maximum Gasteiger partial charge on any atom is 0.337 e. The van der Waals surface area contributed by atoms with Crippen molar-refractivity contribution in [3.8, 4) is 0 Å². The lowest BCUT2D eigenvalue weighted by molar-refractivity contribution is -0.147. The SMILES string of the molecule is CC(=O)C(Cl)c1c(C(F)F)cccc1C(O)C(=O)O. The van der Waals surface area contributed by atoms with E-state index in [2.05, 4.69) is 0 Å². The van der Waals surface area contributed by atoms with Crippen LogP contribution < -0.4 is 0 Å². The number of hydrogen-bond donors (Lipinski definition) is 2. The van der Waals surface area contributed by atoms with Gasteiger partial charge in [0.1, 0.15) is 5.38 Å². The van der Waals surface area contributed by atoms with Crippen LogP contribution in [0.4, 0.5) is 8.78 Å². The molecule has 2 N–H and O–H groups in total. The molecule has 0 aromatic heterocycles. The molecule has 0 aliphatic carbocycles. The molecule has 0 heterocycles. The number of benzene rings is 1. The molecule has 1 rings (SSSR count). The van der Waals surface area contributed by atoms with Crippen LogP contribution in [0, 0.1) is 0 Å². The predicted octanol–water partition coefficient (Wildman–Crippen LogP) is 2.61. The Hall–Kier alpha value is -1.53. The molecule has 0 fully saturated rings. The van der Waals surface area contributed by atoms with E-state index in [1.54, 1.807) is 0 Å². The Balaban J connectivity index is 3.50. The molecule has 1 aromatic rings. The van der Waals surface area contributed by atoms with Crippen LogP contribution in [0.15, 0.2) is 18.2 Å². The fourth-order valence-electron chi connectivity index (χ4n) is 1.66. The Kier molecular flexibility index (Phi) is 4.97. The van der Waals surface area contributed by atoms with Gasteiger partial charge in [0.2, 0.25) is 0 Å². The van der Waals surface area contributed by atoms with E-state index < -0.39 is 35.2 Å². The highest BCUT2D eigenvalue weighted by Gasteiger charge is 2.29. The van der Waals surface area contributed by atoms with E-state index in [9.17, 15) is 23.5 Å². The van der Waals surface area contributed by atoms with Crippen molar-refractivity contribution in [2.75, 3.05) is 0 Å². The van der Waals surface area contributed by atoms with Crippen molar-refractivity contribution in [2.45, 2.75) is 24.8 Å². The summed E-state index contributed by atoms with van der Waals surface area (Å²) in [4.78, 5) is 22.0. The van der Waals surface area contributed by atoms with Crippen LogP contribution in [0.1, 0.15) is 41.5 Å². The fourth-order valence-corrected chi connectivity index (χ4v) is 1.91. The quantitative estimate of drug-likeness (QED) is 0.818. The van der Waals surface area contributed by atoms with Gasteiger partial charge < -0.3 is 10.2 Å². The molecule has 0 radical (unpaired) electrons. The summed E-state index contributed by atoms with van der Waals surface area (Å²) in [5, 5.41) is 16.8. The van der Waals surface area contributed by atoms with Gasteiger partial charge in [-0.25, -0.2) is 13.6 Å². The molecule has 0 saturated carbocycles. The number of carboxylic acids is 1. The molecule has 7 heteroatoms. The van der Waals surface area contributed by atoms with Crippen molar-refractivity contribution in [1.29, 1.82) is 0 Å². The molecule has 2 atom stereocenters. The maximum atomic E-state index is 12.9. The minimum atomic E-state index is -2.93. The van der Waals surface area contributed by atoms with Gasteiger partial charge in [-0.2, -0.15) is 0 Å². The largest absolute Gasteiger partial charge is 0.479 e. The first-order valence-corrected chi connectivity index (χ1v) is 5.67. The highest BCUT2D eigenvalue weighted by Crippen LogP contribution is 2.36. The van der Waals surface area contributed by atoms with Crippen LogP contribution in [0.2, 0.25) is 0 Å². The zero-order valence-corrected chi connectivity index (χ0v) is 10.6. The van der Waals surface area contributed by atoms with E-state index in [4.69, 9.17) is 16.7 Å². The summed E-state index contributed by atoms with van der Waals surface area (Å²) in [7, 11) is 0. The zero-order chi connectivity index (χ0) is 14.7. The zero-order valence-electron chi connectivity index (χ0n) is 9.81. The van der Waals surface area contributed by atoms with Crippen molar-refractivity contribution < 1.29 is 28.6 Å². The van der Waals surface area contributed by atoms with Crippen LogP contribution in [0.5, 0.6) is 0 Å². The van der Waals surface area contributed by atoms with Gasteiger partial charge in [0.15, 0.2) is 11.9 Å². The highest BCUT2D eigenvalue weighted by molar-refractivity contribution is 6.31. The van der Waals surface area contributed by atoms with E-state index in [1.165, 1.54) is 6.07 Å². The summed E-state index contributed by atoms with van der Waals surface area (Å²) in [6.07, 6.45) is -4.95. The number of carbonyl (C=O) groups is 2. The molecule has 2 unspecified atom stereocenters. The van der Waals surface area contributed by atoms with Crippen LogP contribution >= 0.6 is 11.6 Å². The highest BCUT2D eigenvalue weighted by atomic mass is 35.5. The Bertz CT molecular complexity index is 505. The molecule has 104 valence electrons. The van der Waals surface area contributed by atoms with Crippen molar-refractivity contribution in [3.63, 3.8) is 0 Å². The topological polar surface area (TPSA) is 74.6 Å². The summed E-state index contributed by atoms with van der Waals surface area (Å²) in [5.41, 5.74) is -1.21. The number of aliphatic hydroxyl groups excluding tert-OH is 1. The monoisotopic (exact) mass is 292 g/mol. The minimum absolute atomic E-state index is 0.305. The summed E-state index contributed by atoms with van der Waals surface area (Å²) in [5.74, 6) is -2.23. The molecule has 0 bridgehead atoms. The second-order valence-electron chi connectivity index (χ2n) is 3.86. The maximum absolute atomic E-state index is 12.9. The number of halogens is 3. The van der Waals surface area contributed by atoms with Crippen molar-refractivity contribution in [1.82, 2.24) is 0 Å².